The number of fused-ring (bicyclic) bond motifs is 1. The predicted molar refractivity (Wildman–Crippen MR) is 103 cm³/mol. The third kappa shape index (κ3) is 3.63. The van der Waals surface area contributed by atoms with Crippen molar-refractivity contribution in [3.8, 4) is 11.8 Å². The van der Waals surface area contributed by atoms with Crippen LogP contribution in [0.4, 0.5) is 5.69 Å². The fourth-order valence-electron chi connectivity index (χ4n) is 2.70. The smallest absolute Gasteiger partial charge is 0.291 e. The molecule has 0 aliphatic heterocycles. The molecular weight excluding hydrogens is 407 g/mol. The molecule has 1 aromatic heterocycles. The topological polar surface area (TPSA) is 111 Å². The molecule has 0 saturated heterocycles. The van der Waals surface area contributed by atoms with E-state index < -0.39 is 28.9 Å². The highest BCUT2D eigenvalue weighted by Gasteiger charge is 2.27. The van der Waals surface area contributed by atoms with Crippen LogP contribution in [-0.2, 0) is 11.8 Å². The van der Waals surface area contributed by atoms with Gasteiger partial charge in [0, 0.05) is 7.05 Å². The van der Waals surface area contributed by atoms with Gasteiger partial charge in [0.15, 0.2) is 11.7 Å². The van der Waals surface area contributed by atoms with Gasteiger partial charge in [0.1, 0.15) is 23.2 Å². The largest absolute Gasteiger partial charge is 0.484 e. The van der Waals surface area contributed by atoms with Gasteiger partial charge in [-0.15, -0.1) is 0 Å². The zero-order chi connectivity index (χ0) is 20.4. The number of imidazole rings is 1. The van der Waals surface area contributed by atoms with Gasteiger partial charge in [-0.05, 0) is 18.2 Å². The average Bonchev–Trinajstić information content (AvgIpc) is 2.98. The molecule has 3 rings (SSSR count). The van der Waals surface area contributed by atoms with E-state index in [1.165, 1.54) is 0 Å². The highest BCUT2D eigenvalue weighted by atomic mass is 35.5. The van der Waals surface area contributed by atoms with Crippen LogP contribution in [0.2, 0.25) is 10.0 Å². The van der Waals surface area contributed by atoms with Crippen LogP contribution < -0.4 is 4.74 Å². The number of nitrogens with zero attached hydrogens (tertiary/aromatic N) is 4. The molecule has 0 aliphatic carbocycles. The number of nitro benzene ring substituents is 1. The molecular formula is C18H12Cl2N4O4. The molecule has 0 N–H and O–H groups in total. The minimum Gasteiger partial charge on any atom is -0.484 e. The molecule has 3 aromatic rings. The van der Waals surface area contributed by atoms with Crippen molar-refractivity contribution in [3.63, 3.8) is 0 Å². The Morgan fingerprint density at radius 2 is 2.07 bits per heavy atom. The van der Waals surface area contributed by atoms with Crippen LogP contribution in [0.5, 0.6) is 5.75 Å². The standard InChI is InChI=1S/C18H12Cl2N4O4/c1-23-14-5-3-2-4-13(14)22-18(23)10(8-21)16(25)9-28-17-7-15(24(26)27)11(19)6-12(17)20/h2-7,10H,9H2,1H3. The number of para-hydroxylation sites is 2. The lowest BCUT2D eigenvalue weighted by molar-refractivity contribution is -0.384. The van der Waals surface area contributed by atoms with Gasteiger partial charge in [0.2, 0.25) is 0 Å². The number of hydrogen-bond acceptors (Lipinski definition) is 6. The zero-order valence-corrected chi connectivity index (χ0v) is 15.9. The summed E-state index contributed by atoms with van der Waals surface area (Å²) in [4.78, 5) is 27.2. The molecule has 0 spiro atoms. The van der Waals surface area contributed by atoms with E-state index in [1.54, 1.807) is 23.7 Å². The van der Waals surface area contributed by atoms with E-state index in [9.17, 15) is 20.2 Å². The Hall–Kier alpha value is -3.15. The number of aromatic nitrogens is 2. The average molecular weight is 419 g/mol. The van der Waals surface area contributed by atoms with Gasteiger partial charge >= 0.3 is 0 Å². The Balaban J connectivity index is 1.84. The number of ketones is 1. The van der Waals surface area contributed by atoms with Crippen molar-refractivity contribution in [2.45, 2.75) is 5.92 Å². The van der Waals surface area contributed by atoms with Crippen molar-refractivity contribution in [1.82, 2.24) is 9.55 Å². The zero-order valence-electron chi connectivity index (χ0n) is 14.4. The summed E-state index contributed by atoms with van der Waals surface area (Å²) in [5, 5.41) is 20.3. The van der Waals surface area contributed by atoms with Gasteiger partial charge in [0.25, 0.3) is 5.69 Å². The number of nitriles is 1. The minimum atomic E-state index is -1.17. The molecule has 10 heteroatoms. The van der Waals surface area contributed by atoms with E-state index in [1.807, 2.05) is 18.2 Å². The van der Waals surface area contributed by atoms with Gasteiger partial charge in [-0.3, -0.25) is 14.9 Å². The molecule has 0 saturated carbocycles. The summed E-state index contributed by atoms with van der Waals surface area (Å²) in [7, 11) is 1.71. The number of ether oxygens (including phenoxy) is 1. The second-order valence-corrected chi connectivity index (χ2v) is 6.64. The quantitative estimate of drug-likeness (QED) is 0.440. The number of hydrogen-bond donors (Lipinski definition) is 0. The van der Waals surface area contributed by atoms with Crippen LogP contribution >= 0.6 is 23.2 Å². The van der Waals surface area contributed by atoms with Crippen LogP contribution in [0.25, 0.3) is 11.0 Å². The Morgan fingerprint density at radius 3 is 2.71 bits per heavy atom. The van der Waals surface area contributed by atoms with E-state index in [0.29, 0.717) is 5.52 Å². The summed E-state index contributed by atoms with van der Waals surface area (Å²) in [6.45, 7) is -0.514. The number of Topliss-reactive ketones (excluding diaryl/α,β-unsaturated/α-hetero) is 1. The SMILES string of the molecule is Cn1c(C(C#N)C(=O)COc2cc([N+](=O)[O-])c(Cl)cc2Cl)nc2ccccc21. The Labute approximate surface area is 169 Å². The van der Waals surface area contributed by atoms with Crippen molar-refractivity contribution in [3.05, 3.63) is 62.4 Å². The first kappa shape index (κ1) is 19.6. The van der Waals surface area contributed by atoms with E-state index in [-0.39, 0.29) is 21.6 Å². The maximum absolute atomic E-state index is 12.6. The van der Waals surface area contributed by atoms with Gasteiger partial charge in [-0.1, -0.05) is 35.3 Å². The van der Waals surface area contributed by atoms with Crippen molar-refractivity contribution < 1.29 is 14.5 Å². The number of nitro groups is 1. The number of carbonyl (C=O) groups is 1. The number of rotatable bonds is 6. The number of benzene rings is 2. The maximum atomic E-state index is 12.6. The lowest BCUT2D eigenvalue weighted by Crippen LogP contribution is -2.21. The van der Waals surface area contributed by atoms with Gasteiger partial charge in [-0.2, -0.15) is 5.26 Å². The summed E-state index contributed by atoms with van der Waals surface area (Å²) < 4.78 is 7.00. The molecule has 28 heavy (non-hydrogen) atoms. The van der Waals surface area contributed by atoms with Crippen LogP contribution in [0.3, 0.4) is 0 Å². The van der Waals surface area contributed by atoms with Gasteiger partial charge in [0.05, 0.1) is 33.1 Å². The molecule has 0 radical (unpaired) electrons. The van der Waals surface area contributed by atoms with Crippen LogP contribution in [0, 0.1) is 21.4 Å². The van der Waals surface area contributed by atoms with Gasteiger partial charge in [-0.25, -0.2) is 4.98 Å². The van der Waals surface area contributed by atoms with Crippen molar-refractivity contribution >= 4 is 45.7 Å². The molecule has 8 nitrogen and oxygen atoms in total. The molecule has 0 aliphatic rings. The van der Waals surface area contributed by atoms with E-state index in [0.717, 1.165) is 17.6 Å². The first-order valence-electron chi connectivity index (χ1n) is 7.93. The monoisotopic (exact) mass is 418 g/mol. The van der Waals surface area contributed by atoms with Crippen molar-refractivity contribution in [2.75, 3.05) is 6.61 Å². The summed E-state index contributed by atoms with van der Waals surface area (Å²) in [5.74, 6) is -1.52. The Kier molecular flexibility index (Phi) is 5.49. The van der Waals surface area contributed by atoms with Crippen LogP contribution in [0.1, 0.15) is 11.7 Å². The summed E-state index contributed by atoms with van der Waals surface area (Å²) in [6, 6.07) is 11.4. The normalized spacial score (nSPS) is 11.8. The number of aryl methyl sites for hydroxylation is 1. The Bertz CT molecular complexity index is 1140. The molecule has 1 heterocycles. The molecule has 0 amide bonds. The second-order valence-electron chi connectivity index (χ2n) is 5.83. The molecule has 0 fully saturated rings. The first-order chi connectivity index (χ1) is 13.3. The number of halogens is 2. The van der Waals surface area contributed by atoms with E-state index in [2.05, 4.69) is 4.98 Å². The summed E-state index contributed by atoms with van der Waals surface area (Å²) in [5.41, 5.74) is 1.04. The maximum Gasteiger partial charge on any atom is 0.291 e. The predicted octanol–water partition coefficient (Wildman–Crippen LogP) is 4.04. The molecule has 142 valence electrons. The summed E-state index contributed by atoms with van der Waals surface area (Å²) in [6.07, 6.45) is 0. The molecule has 1 atom stereocenters. The first-order valence-corrected chi connectivity index (χ1v) is 8.69. The summed E-state index contributed by atoms with van der Waals surface area (Å²) >= 11 is 11.7. The molecule has 1 unspecified atom stereocenters. The van der Waals surface area contributed by atoms with Crippen LogP contribution in [0.15, 0.2) is 36.4 Å². The van der Waals surface area contributed by atoms with Crippen molar-refractivity contribution in [2.24, 2.45) is 7.05 Å². The van der Waals surface area contributed by atoms with Gasteiger partial charge < -0.3 is 9.30 Å². The minimum absolute atomic E-state index is 0.0136. The van der Waals surface area contributed by atoms with Crippen molar-refractivity contribution in [1.29, 1.82) is 5.26 Å². The fraction of sp³-hybridized carbons (Fsp3) is 0.167. The highest BCUT2D eigenvalue weighted by Crippen LogP contribution is 2.35. The lowest BCUT2D eigenvalue weighted by atomic mass is 10.1. The lowest BCUT2D eigenvalue weighted by Gasteiger charge is -2.11. The van der Waals surface area contributed by atoms with E-state index in [4.69, 9.17) is 27.9 Å². The third-order valence-electron chi connectivity index (χ3n) is 4.10. The molecule has 2 aromatic carbocycles. The van der Waals surface area contributed by atoms with Crippen LogP contribution in [-0.4, -0.2) is 26.9 Å². The fourth-order valence-corrected chi connectivity index (χ4v) is 3.20. The number of carbonyl (C=O) groups excluding carboxylic acids is 1. The van der Waals surface area contributed by atoms with E-state index >= 15 is 0 Å². The highest BCUT2D eigenvalue weighted by molar-refractivity contribution is 6.36. The molecule has 0 bridgehead atoms. The second kappa shape index (κ2) is 7.84. The third-order valence-corrected chi connectivity index (χ3v) is 4.70. The Morgan fingerprint density at radius 1 is 1.36 bits per heavy atom.